The fourth-order valence-corrected chi connectivity index (χ4v) is 4.65. The van der Waals surface area contributed by atoms with Crippen molar-refractivity contribution in [3.63, 3.8) is 0 Å². The summed E-state index contributed by atoms with van der Waals surface area (Å²) in [6, 6.07) is 2.87. The quantitative estimate of drug-likeness (QED) is 0.693. The molecule has 0 bridgehead atoms. The summed E-state index contributed by atoms with van der Waals surface area (Å²) in [6.45, 7) is 6.85. The molecular weight excluding hydrogens is 422 g/mol. The van der Waals surface area contributed by atoms with Crippen LogP contribution in [0.4, 0.5) is 0 Å². The molecule has 0 saturated carbocycles. The Kier molecular flexibility index (Phi) is 7.06. The van der Waals surface area contributed by atoms with Crippen LogP contribution in [0, 0.1) is 5.92 Å². The van der Waals surface area contributed by atoms with Gasteiger partial charge in [-0.05, 0) is 66.8 Å². The van der Waals surface area contributed by atoms with Gasteiger partial charge in [-0.25, -0.2) is 13.6 Å². The molecule has 0 spiro atoms. The Balaban J connectivity index is 2.11. The number of carbonyl (C=O) groups excluding carboxylic acids is 1. The van der Waals surface area contributed by atoms with Crippen molar-refractivity contribution in [3.05, 3.63) is 22.2 Å². The topological polar surface area (TPSA) is 102 Å². The molecule has 7 nitrogen and oxygen atoms in total. The van der Waals surface area contributed by atoms with Crippen molar-refractivity contribution >= 4 is 31.9 Å². The van der Waals surface area contributed by atoms with E-state index in [2.05, 4.69) is 40.0 Å². The molecular formula is C17H26BrN3O4S. The van der Waals surface area contributed by atoms with Crippen LogP contribution in [0.15, 0.2) is 21.5 Å². The van der Waals surface area contributed by atoms with Gasteiger partial charge in [-0.1, -0.05) is 6.92 Å². The van der Waals surface area contributed by atoms with Crippen LogP contribution in [-0.4, -0.2) is 52.0 Å². The zero-order valence-electron chi connectivity index (χ0n) is 15.3. The fraction of sp³-hybridized carbons (Fsp3) is 0.588. The van der Waals surface area contributed by atoms with Gasteiger partial charge in [0.25, 0.3) is 5.91 Å². The van der Waals surface area contributed by atoms with E-state index in [-0.39, 0.29) is 26.7 Å². The lowest BCUT2D eigenvalue weighted by molar-refractivity contribution is 0.0918. The van der Waals surface area contributed by atoms with E-state index in [0.717, 1.165) is 31.8 Å². The van der Waals surface area contributed by atoms with Crippen LogP contribution in [0.3, 0.4) is 0 Å². The number of benzene rings is 1. The lowest BCUT2D eigenvalue weighted by Gasteiger charge is -2.35. The number of ether oxygens (including phenoxy) is 1. The predicted molar refractivity (Wildman–Crippen MR) is 104 cm³/mol. The summed E-state index contributed by atoms with van der Waals surface area (Å²) in [7, 11) is -2.54. The Morgan fingerprint density at radius 3 is 2.58 bits per heavy atom. The van der Waals surface area contributed by atoms with Gasteiger partial charge >= 0.3 is 0 Å². The molecule has 0 aromatic heterocycles. The fourth-order valence-electron chi connectivity index (χ4n) is 3.03. The second kappa shape index (κ2) is 8.69. The highest BCUT2D eigenvalue weighted by Crippen LogP contribution is 2.30. The number of hydrogen-bond donors (Lipinski definition) is 2. The number of hydrogen-bond acceptors (Lipinski definition) is 5. The van der Waals surface area contributed by atoms with E-state index in [9.17, 15) is 13.2 Å². The number of nitrogens with zero attached hydrogens (tertiary/aromatic N) is 1. The third-order valence-corrected chi connectivity index (χ3v) is 6.67. The highest BCUT2D eigenvalue weighted by atomic mass is 79.9. The summed E-state index contributed by atoms with van der Waals surface area (Å²) < 4.78 is 28.9. The van der Waals surface area contributed by atoms with Gasteiger partial charge in [0, 0.05) is 17.1 Å². The molecule has 0 radical (unpaired) electrons. The Hall–Kier alpha value is -1.16. The van der Waals surface area contributed by atoms with Gasteiger partial charge in [0.1, 0.15) is 5.75 Å². The maximum atomic E-state index is 12.6. The molecule has 1 atom stereocenters. The first-order chi connectivity index (χ1) is 12.1. The minimum absolute atomic E-state index is 0.138. The molecule has 2 rings (SSSR count). The van der Waals surface area contributed by atoms with Crippen LogP contribution in [-0.2, 0) is 10.0 Å². The summed E-state index contributed by atoms with van der Waals surface area (Å²) in [5.41, 5.74) is 0.138. The van der Waals surface area contributed by atoms with Crippen LogP contribution in [0.2, 0.25) is 0 Å². The Morgan fingerprint density at radius 1 is 1.42 bits per heavy atom. The second-order valence-electron chi connectivity index (χ2n) is 6.81. The third kappa shape index (κ3) is 5.18. The lowest BCUT2D eigenvalue weighted by atomic mass is 9.98. The number of likely N-dealkylation sites (tertiary alicyclic amines) is 1. The summed E-state index contributed by atoms with van der Waals surface area (Å²) in [6.07, 6.45) is 2.33. The molecule has 1 heterocycles. The first-order valence-corrected chi connectivity index (χ1v) is 10.9. The standard InChI is InChI=1S/C17H26BrN3O4S/c1-11-4-6-21(7-5-11)12(2)10-20-17(22)13-8-16(26(19,23)24)14(18)9-15(13)25-3/h8-9,11-12H,4-7,10H2,1-3H3,(H,20,22)(H2,19,23,24). The minimum Gasteiger partial charge on any atom is -0.496 e. The lowest BCUT2D eigenvalue weighted by Crippen LogP contribution is -2.45. The van der Waals surface area contributed by atoms with E-state index >= 15 is 0 Å². The number of nitrogens with one attached hydrogen (secondary N) is 1. The van der Waals surface area contributed by atoms with Crippen molar-refractivity contribution in [3.8, 4) is 5.75 Å². The smallest absolute Gasteiger partial charge is 0.255 e. The maximum Gasteiger partial charge on any atom is 0.255 e. The van der Waals surface area contributed by atoms with E-state index in [1.54, 1.807) is 0 Å². The zero-order valence-corrected chi connectivity index (χ0v) is 17.7. The molecule has 9 heteroatoms. The van der Waals surface area contributed by atoms with E-state index < -0.39 is 15.9 Å². The number of sulfonamides is 1. The van der Waals surface area contributed by atoms with Gasteiger partial charge in [0.2, 0.25) is 10.0 Å². The van der Waals surface area contributed by atoms with E-state index in [1.165, 1.54) is 19.2 Å². The second-order valence-corrected chi connectivity index (χ2v) is 9.19. The van der Waals surface area contributed by atoms with Crippen LogP contribution < -0.4 is 15.2 Å². The van der Waals surface area contributed by atoms with E-state index in [0.29, 0.717) is 6.54 Å². The third-order valence-electron chi connectivity index (χ3n) is 4.80. The predicted octanol–water partition coefficient (Wildman–Crippen LogP) is 1.96. The summed E-state index contributed by atoms with van der Waals surface area (Å²) in [5.74, 6) is 0.634. The first-order valence-electron chi connectivity index (χ1n) is 8.56. The molecule has 3 N–H and O–H groups in total. The van der Waals surface area contributed by atoms with Crippen molar-refractivity contribution in [1.82, 2.24) is 10.2 Å². The van der Waals surface area contributed by atoms with Gasteiger partial charge in [0.05, 0.1) is 17.6 Å². The Bertz CT molecular complexity index is 762. The normalized spacial score (nSPS) is 17.7. The van der Waals surface area contributed by atoms with Crippen molar-refractivity contribution in [2.24, 2.45) is 11.1 Å². The molecule has 1 aromatic carbocycles. The number of piperidine rings is 1. The molecule has 1 saturated heterocycles. The van der Waals surface area contributed by atoms with E-state index in [1.807, 2.05) is 0 Å². The molecule has 1 aromatic rings. The van der Waals surface area contributed by atoms with Gasteiger partial charge in [-0.15, -0.1) is 0 Å². The highest BCUT2D eigenvalue weighted by molar-refractivity contribution is 9.10. The number of methoxy groups -OCH3 is 1. The number of amides is 1. The van der Waals surface area contributed by atoms with Crippen molar-refractivity contribution in [2.45, 2.75) is 37.6 Å². The van der Waals surface area contributed by atoms with Crippen LogP contribution in [0.5, 0.6) is 5.75 Å². The van der Waals surface area contributed by atoms with Gasteiger partial charge in [-0.2, -0.15) is 0 Å². The highest BCUT2D eigenvalue weighted by Gasteiger charge is 2.23. The Morgan fingerprint density at radius 2 is 2.04 bits per heavy atom. The van der Waals surface area contributed by atoms with Crippen molar-refractivity contribution in [2.75, 3.05) is 26.7 Å². The Labute approximate surface area is 163 Å². The monoisotopic (exact) mass is 447 g/mol. The van der Waals surface area contributed by atoms with E-state index in [4.69, 9.17) is 9.88 Å². The number of rotatable bonds is 6. The van der Waals surface area contributed by atoms with Crippen molar-refractivity contribution < 1.29 is 17.9 Å². The van der Waals surface area contributed by atoms with Gasteiger partial charge in [-0.3, -0.25) is 9.69 Å². The molecule has 1 unspecified atom stereocenters. The molecule has 1 amide bonds. The van der Waals surface area contributed by atoms with Crippen LogP contribution in [0.25, 0.3) is 0 Å². The van der Waals surface area contributed by atoms with Gasteiger partial charge < -0.3 is 10.1 Å². The van der Waals surface area contributed by atoms with Crippen LogP contribution in [0.1, 0.15) is 37.0 Å². The number of nitrogens with two attached hydrogens (primary N) is 1. The number of halogens is 1. The molecule has 1 fully saturated rings. The van der Waals surface area contributed by atoms with Crippen molar-refractivity contribution in [1.29, 1.82) is 0 Å². The largest absolute Gasteiger partial charge is 0.496 e. The summed E-state index contributed by atoms with van der Waals surface area (Å²) >= 11 is 3.15. The number of primary sulfonamides is 1. The number of carbonyl (C=O) groups is 1. The molecule has 0 aliphatic carbocycles. The first kappa shape index (κ1) is 21.1. The summed E-state index contributed by atoms with van der Waals surface area (Å²) in [5, 5.41) is 8.08. The maximum absolute atomic E-state index is 12.6. The zero-order chi connectivity index (χ0) is 19.5. The van der Waals surface area contributed by atoms with Crippen LogP contribution >= 0.6 is 15.9 Å². The average molecular weight is 448 g/mol. The summed E-state index contributed by atoms with van der Waals surface area (Å²) in [4.78, 5) is 14.8. The molecule has 146 valence electrons. The SMILES string of the molecule is COc1cc(Br)c(S(N)(=O)=O)cc1C(=O)NCC(C)N1CCC(C)CC1. The van der Waals surface area contributed by atoms with Gasteiger partial charge in [0.15, 0.2) is 0 Å². The average Bonchev–Trinajstić information content (AvgIpc) is 2.58. The molecule has 26 heavy (non-hydrogen) atoms. The molecule has 1 aliphatic heterocycles. The molecule has 1 aliphatic rings. The minimum atomic E-state index is -3.96.